The Morgan fingerprint density at radius 2 is 1.50 bits per heavy atom. The number of imide groups is 1. The van der Waals surface area contributed by atoms with Gasteiger partial charge in [-0.25, -0.2) is 19.4 Å². The maximum atomic E-state index is 12.3. The predicted octanol–water partition coefficient (Wildman–Crippen LogP) is 4.28. The van der Waals surface area contributed by atoms with Crippen LogP contribution >= 0.6 is 23.2 Å². The van der Waals surface area contributed by atoms with Crippen molar-refractivity contribution in [3.8, 4) is 5.75 Å². The molecular formula is C31H31Cl2N7O4. The van der Waals surface area contributed by atoms with Crippen molar-refractivity contribution in [2.24, 2.45) is 0 Å². The topological polar surface area (TPSA) is 107 Å². The molecule has 0 saturated carbocycles. The lowest BCUT2D eigenvalue weighted by atomic mass is 9.94. The average molecular weight is 637 g/mol. The number of benzene rings is 3. The van der Waals surface area contributed by atoms with E-state index >= 15 is 0 Å². The smallest absolute Gasteiger partial charge is 0.331 e. The molecule has 0 bridgehead atoms. The molecule has 2 aliphatic rings. The predicted molar refractivity (Wildman–Crippen MR) is 169 cm³/mol. The zero-order valence-electron chi connectivity index (χ0n) is 24.0. The highest BCUT2D eigenvalue weighted by Gasteiger charge is 2.35. The number of aromatic nitrogens is 3. The van der Waals surface area contributed by atoms with Crippen molar-refractivity contribution in [1.82, 2.24) is 19.7 Å². The van der Waals surface area contributed by atoms with Crippen LogP contribution in [0.3, 0.4) is 0 Å². The van der Waals surface area contributed by atoms with Crippen LogP contribution in [0.1, 0.15) is 5.56 Å². The van der Waals surface area contributed by atoms with Crippen LogP contribution < -0.4 is 19.4 Å². The van der Waals surface area contributed by atoms with Crippen molar-refractivity contribution in [2.45, 2.75) is 12.1 Å². The highest BCUT2D eigenvalue weighted by Crippen LogP contribution is 2.33. The summed E-state index contributed by atoms with van der Waals surface area (Å²) in [6, 6.07) is 20.0. The number of halogens is 2. The van der Waals surface area contributed by atoms with Gasteiger partial charge in [-0.2, -0.15) is 5.10 Å². The van der Waals surface area contributed by atoms with E-state index in [1.165, 1.54) is 27.1 Å². The van der Waals surface area contributed by atoms with Gasteiger partial charge in [0.15, 0.2) is 0 Å². The van der Waals surface area contributed by atoms with Gasteiger partial charge >= 0.3 is 6.03 Å². The number of aliphatic hydroxyl groups is 1. The number of nitrogens with zero attached hydrogens (tertiary/aromatic N) is 7. The van der Waals surface area contributed by atoms with Gasteiger partial charge in [-0.05, 0) is 60.7 Å². The van der Waals surface area contributed by atoms with Gasteiger partial charge in [0.25, 0.3) is 5.91 Å². The quantitative estimate of drug-likeness (QED) is 0.272. The Morgan fingerprint density at radius 1 is 0.886 bits per heavy atom. The monoisotopic (exact) mass is 635 g/mol. The number of carbonyl (C=O) groups excluding carboxylic acids is 2. The molecule has 11 nitrogen and oxygen atoms in total. The molecule has 3 heterocycles. The molecule has 1 N–H and O–H groups in total. The number of hydrogen-bond donors (Lipinski definition) is 1. The number of piperazine rings is 1. The van der Waals surface area contributed by atoms with Gasteiger partial charge in [0.2, 0.25) is 0 Å². The van der Waals surface area contributed by atoms with Gasteiger partial charge < -0.3 is 24.5 Å². The molecule has 2 aliphatic heterocycles. The summed E-state index contributed by atoms with van der Waals surface area (Å²) in [5.41, 5.74) is 1.69. The van der Waals surface area contributed by atoms with Crippen LogP contribution in [0.5, 0.6) is 5.75 Å². The van der Waals surface area contributed by atoms with Crippen molar-refractivity contribution in [3.05, 3.63) is 95.0 Å². The number of urea groups is 1. The van der Waals surface area contributed by atoms with Crippen LogP contribution in [0.2, 0.25) is 10.0 Å². The Morgan fingerprint density at radius 3 is 2.05 bits per heavy atom. The maximum Gasteiger partial charge on any atom is 0.331 e. The molecule has 228 valence electrons. The first-order valence-corrected chi connectivity index (χ1v) is 14.9. The summed E-state index contributed by atoms with van der Waals surface area (Å²) in [7, 11) is 1.62. The van der Waals surface area contributed by atoms with Gasteiger partial charge in [-0.1, -0.05) is 29.3 Å². The molecule has 3 amide bonds. The lowest BCUT2D eigenvalue weighted by Crippen LogP contribution is -2.46. The lowest BCUT2D eigenvalue weighted by Gasteiger charge is -2.37. The molecule has 44 heavy (non-hydrogen) atoms. The summed E-state index contributed by atoms with van der Waals surface area (Å²) >= 11 is 12.5. The molecular weight excluding hydrogens is 605 g/mol. The highest BCUT2D eigenvalue weighted by atomic mass is 35.5. The number of likely N-dealkylation sites (N-methyl/N-ethyl adjacent to an activating group) is 1. The molecule has 2 saturated heterocycles. The second kappa shape index (κ2) is 12.4. The van der Waals surface area contributed by atoms with E-state index in [2.05, 4.69) is 19.9 Å². The van der Waals surface area contributed by atoms with E-state index in [0.717, 1.165) is 37.6 Å². The molecule has 4 aromatic rings. The van der Waals surface area contributed by atoms with Gasteiger partial charge in [0.1, 0.15) is 37.2 Å². The summed E-state index contributed by atoms with van der Waals surface area (Å²) in [4.78, 5) is 35.7. The Bertz CT molecular complexity index is 1630. The number of anilines is 3. The zero-order valence-corrected chi connectivity index (χ0v) is 25.5. The van der Waals surface area contributed by atoms with Crippen molar-refractivity contribution in [2.75, 3.05) is 61.1 Å². The second-order valence-corrected chi connectivity index (χ2v) is 11.7. The third-order valence-corrected chi connectivity index (χ3v) is 8.44. The molecule has 1 aromatic heterocycles. The molecule has 1 unspecified atom stereocenters. The fraction of sp³-hybridized carbons (Fsp3) is 0.290. The lowest BCUT2D eigenvalue weighted by molar-refractivity contribution is -0.116. The Kier molecular flexibility index (Phi) is 8.35. The van der Waals surface area contributed by atoms with E-state index in [4.69, 9.17) is 27.9 Å². The Labute approximate surface area is 264 Å². The van der Waals surface area contributed by atoms with Crippen LogP contribution in [0.15, 0.2) is 79.4 Å². The van der Waals surface area contributed by atoms with Crippen molar-refractivity contribution in [1.29, 1.82) is 0 Å². The second-order valence-electron chi connectivity index (χ2n) is 10.9. The van der Waals surface area contributed by atoms with Crippen LogP contribution in [-0.4, -0.2) is 83.1 Å². The molecule has 0 radical (unpaired) electrons. The van der Waals surface area contributed by atoms with Crippen LogP contribution in [0.25, 0.3) is 0 Å². The van der Waals surface area contributed by atoms with Gasteiger partial charge in [0, 0.05) is 60.2 Å². The molecule has 2 fully saturated rings. The minimum absolute atomic E-state index is 0.0677. The van der Waals surface area contributed by atoms with E-state index in [9.17, 15) is 14.7 Å². The SMILES string of the molecule is CN1CC(=O)N(c2ccc(N3CCN(c4ccc(OCC(O)(Cn5cncn5)c5ccc(Cl)cc5Cl)cc4)CC3)cc2)C1=O. The van der Waals surface area contributed by atoms with Crippen molar-refractivity contribution in [3.63, 3.8) is 0 Å². The zero-order chi connectivity index (χ0) is 30.8. The van der Waals surface area contributed by atoms with Crippen molar-refractivity contribution < 1.29 is 19.4 Å². The number of amides is 3. The van der Waals surface area contributed by atoms with E-state index in [-0.39, 0.29) is 31.6 Å². The number of carbonyl (C=O) groups is 2. The fourth-order valence-electron chi connectivity index (χ4n) is 5.52. The summed E-state index contributed by atoms with van der Waals surface area (Å²) in [5.74, 6) is 0.388. The number of ether oxygens (including phenoxy) is 1. The highest BCUT2D eigenvalue weighted by molar-refractivity contribution is 6.35. The molecule has 0 spiro atoms. The van der Waals surface area contributed by atoms with Crippen molar-refractivity contribution >= 4 is 52.2 Å². The first-order chi connectivity index (χ1) is 21.2. The third kappa shape index (κ3) is 6.17. The summed E-state index contributed by atoms with van der Waals surface area (Å²) in [6.07, 6.45) is 2.93. The van der Waals surface area contributed by atoms with Gasteiger partial charge in [0.05, 0.1) is 12.2 Å². The largest absolute Gasteiger partial charge is 0.490 e. The van der Waals surface area contributed by atoms with Gasteiger partial charge in [-0.15, -0.1) is 0 Å². The number of hydrogen-bond acceptors (Lipinski definition) is 8. The first-order valence-electron chi connectivity index (χ1n) is 14.1. The average Bonchev–Trinajstić information content (AvgIpc) is 3.62. The summed E-state index contributed by atoms with van der Waals surface area (Å²) in [6.45, 7) is 3.40. The minimum atomic E-state index is -1.49. The van der Waals surface area contributed by atoms with Gasteiger partial charge in [-0.3, -0.25) is 4.79 Å². The molecule has 0 aliphatic carbocycles. The summed E-state index contributed by atoms with van der Waals surface area (Å²) < 4.78 is 7.59. The maximum absolute atomic E-state index is 12.3. The molecule has 1 atom stereocenters. The van der Waals surface area contributed by atoms with E-state index in [0.29, 0.717) is 27.0 Å². The molecule has 13 heteroatoms. The molecule has 6 rings (SSSR count). The van der Waals surface area contributed by atoms with Crippen LogP contribution in [0, 0.1) is 0 Å². The first kappa shape index (κ1) is 29.7. The van der Waals surface area contributed by atoms with E-state index in [1.54, 1.807) is 25.2 Å². The van der Waals surface area contributed by atoms with Crippen LogP contribution in [-0.2, 0) is 16.9 Å². The minimum Gasteiger partial charge on any atom is -0.490 e. The summed E-state index contributed by atoms with van der Waals surface area (Å²) in [5, 5.41) is 16.6. The Hall–Kier alpha value is -4.32. The third-order valence-electron chi connectivity index (χ3n) is 7.89. The normalized spacial score (nSPS) is 16.9. The number of rotatable bonds is 9. The standard InChI is InChI=1S/C31H31Cl2N7O4/c1-36-17-29(41)40(30(36)42)25-5-3-23(4-6-25)37-12-14-38(15-13-37)24-7-9-26(10-8-24)44-19-31(43,18-39-21-34-20-35-39)27-11-2-22(32)16-28(27)33/h2-11,16,20-21,43H,12-15,17-19H2,1H3. The van der Waals surface area contributed by atoms with Crippen LogP contribution in [0.4, 0.5) is 21.9 Å². The molecule has 3 aromatic carbocycles. The van der Waals surface area contributed by atoms with E-state index in [1.807, 2.05) is 48.5 Å². The fourth-order valence-corrected chi connectivity index (χ4v) is 6.11. The Balaban J connectivity index is 1.06. The van der Waals surface area contributed by atoms with E-state index < -0.39 is 5.60 Å².